The molecule has 0 unspecified atom stereocenters. The van der Waals surface area contributed by atoms with Crippen molar-refractivity contribution in [3.63, 3.8) is 0 Å². The molecule has 3 aromatic carbocycles. The molecule has 3 aromatic rings. The molecule has 1 heterocycles. The number of benzene rings is 3. The molecule has 4 rings (SSSR count). The van der Waals surface area contributed by atoms with Crippen molar-refractivity contribution in [1.82, 2.24) is 0 Å². The van der Waals surface area contributed by atoms with Crippen LogP contribution in [0.2, 0.25) is 0 Å². The van der Waals surface area contributed by atoms with Gasteiger partial charge in [0.2, 0.25) is 5.78 Å². The number of carbonyl (C=O) groups excluding carboxylic acids is 2. The minimum Gasteiger partial charge on any atom is -0.422 e. The van der Waals surface area contributed by atoms with Crippen molar-refractivity contribution < 1.29 is 14.3 Å². The van der Waals surface area contributed by atoms with Crippen LogP contribution in [0.25, 0.3) is 5.57 Å². The molecular weight excluding hydrogens is 336 g/mol. The topological polar surface area (TPSA) is 43.4 Å². The second kappa shape index (κ2) is 7.26. The second-order valence-corrected chi connectivity index (χ2v) is 6.11. The predicted octanol–water partition coefficient (Wildman–Crippen LogP) is 4.85. The number of hydrogen-bond donors (Lipinski definition) is 0. The van der Waals surface area contributed by atoms with Gasteiger partial charge in [0, 0.05) is 0 Å². The van der Waals surface area contributed by atoms with Crippen molar-refractivity contribution in [2.24, 2.45) is 0 Å². The van der Waals surface area contributed by atoms with E-state index in [-0.39, 0.29) is 11.4 Å². The number of esters is 1. The lowest BCUT2D eigenvalue weighted by atomic mass is 9.95. The highest BCUT2D eigenvalue weighted by Gasteiger charge is 2.29. The highest BCUT2D eigenvalue weighted by Crippen LogP contribution is 2.29. The van der Waals surface area contributed by atoms with Gasteiger partial charge in [-0.3, -0.25) is 4.79 Å². The summed E-state index contributed by atoms with van der Waals surface area (Å²) in [4.78, 5) is 25.0. The van der Waals surface area contributed by atoms with Gasteiger partial charge in [0.1, 0.15) is 11.3 Å². The van der Waals surface area contributed by atoms with Crippen LogP contribution < -0.4 is 4.74 Å². The molecule has 0 N–H and O–H groups in total. The summed E-state index contributed by atoms with van der Waals surface area (Å²) in [7, 11) is 0. The van der Waals surface area contributed by atoms with Gasteiger partial charge in [-0.05, 0) is 34.9 Å². The number of Topliss-reactive ketones (excluding diaryl/α,β-unsaturated/α-hetero) is 1. The number of rotatable bonds is 3. The molecule has 27 heavy (non-hydrogen) atoms. The number of hydrogen-bond acceptors (Lipinski definition) is 3. The molecule has 0 atom stereocenters. The molecule has 0 fully saturated rings. The van der Waals surface area contributed by atoms with Gasteiger partial charge in [-0.2, -0.15) is 0 Å². The standard InChI is InChI=1S/C24H16O3/c25-23-20-13-7-8-14-22(20)27-24(26)21(23)16-15-19(17-9-3-1-4-10-17)18-11-5-2-6-12-18/h1-16H/b21-16-. The third-order valence-electron chi connectivity index (χ3n) is 4.39. The molecule has 0 spiro atoms. The Kier molecular flexibility index (Phi) is 4.50. The molecule has 0 aromatic heterocycles. The maximum absolute atomic E-state index is 12.7. The average molecular weight is 352 g/mol. The summed E-state index contributed by atoms with van der Waals surface area (Å²) >= 11 is 0. The number of ketones is 1. The monoisotopic (exact) mass is 352 g/mol. The van der Waals surface area contributed by atoms with Crippen molar-refractivity contribution >= 4 is 17.3 Å². The Labute approximate surface area is 157 Å². The number of ether oxygens (including phenoxy) is 1. The van der Waals surface area contributed by atoms with Gasteiger partial charge in [-0.1, -0.05) is 78.9 Å². The minimum absolute atomic E-state index is 0.0260. The predicted molar refractivity (Wildman–Crippen MR) is 104 cm³/mol. The van der Waals surface area contributed by atoms with E-state index in [0.717, 1.165) is 16.7 Å². The van der Waals surface area contributed by atoms with E-state index >= 15 is 0 Å². The van der Waals surface area contributed by atoms with Crippen molar-refractivity contribution in [2.75, 3.05) is 0 Å². The third kappa shape index (κ3) is 3.35. The highest BCUT2D eigenvalue weighted by atomic mass is 16.5. The molecule has 0 saturated heterocycles. The number of para-hydroxylation sites is 1. The summed E-state index contributed by atoms with van der Waals surface area (Å²) in [5.41, 5.74) is 3.34. The lowest BCUT2D eigenvalue weighted by Gasteiger charge is -2.16. The molecule has 0 saturated carbocycles. The summed E-state index contributed by atoms with van der Waals surface area (Å²) in [5.74, 6) is -0.644. The number of fused-ring (bicyclic) bond motifs is 1. The van der Waals surface area contributed by atoms with Crippen LogP contribution in [-0.4, -0.2) is 11.8 Å². The van der Waals surface area contributed by atoms with Gasteiger partial charge >= 0.3 is 5.97 Å². The van der Waals surface area contributed by atoms with E-state index in [1.807, 2.05) is 60.7 Å². The van der Waals surface area contributed by atoms with Crippen LogP contribution in [0, 0.1) is 0 Å². The Balaban J connectivity index is 1.80. The molecule has 1 aliphatic heterocycles. The molecule has 0 radical (unpaired) electrons. The van der Waals surface area contributed by atoms with Crippen LogP contribution in [0.3, 0.4) is 0 Å². The normalized spacial score (nSPS) is 14.4. The maximum atomic E-state index is 12.7. The molecule has 3 nitrogen and oxygen atoms in total. The maximum Gasteiger partial charge on any atom is 0.347 e. The Morgan fingerprint density at radius 2 is 1.26 bits per heavy atom. The third-order valence-corrected chi connectivity index (χ3v) is 4.39. The molecule has 0 bridgehead atoms. The first-order valence-electron chi connectivity index (χ1n) is 8.63. The van der Waals surface area contributed by atoms with Gasteiger partial charge in [-0.15, -0.1) is 0 Å². The van der Waals surface area contributed by atoms with Crippen LogP contribution in [0.15, 0.2) is 103 Å². The van der Waals surface area contributed by atoms with Crippen LogP contribution >= 0.6 is 0 Å². The van der Waals surface area contributed by atoms with E-state index in [4.69, 9.17) is 4.74 Å². The zero-order chi connectivity index (χ0) is 18.6. The smallest absolute Gasteiger partial charge is 0.347 e. The summed E-state index contributed by atoms with van der Waals surface area (Å²) in [6.07, 6.45) is 3.35. The van der Waals surface area contributed by atoms with Crippen LogP contribution in [0.1, 0.15) is 21.5 Å². The van der Waals surface area contributed by atoms with Crippen LogP contribution in [0.5, 0.6) is 5.75 Å². The van der Waals surface area contributed by atoms with Gasteiger partial charge in [0.05, 0.1) is 5.56 Å². The number of allylic oxidation sites excluding steroid dienone is 2. The molecular formula is C24H16O3. The molecule has 130 valence electrons. The van der Waals surface area contributed by atoms with Gasteiger partial charge in [0.15, 0.2) is 0 Å². The zero-order valence-electron chi connectivity index (χ0n) is 14.5. The lowest BCUT2D eigenvalue weighted by Crippen LogP contribution is -2.24. The Morgan fingerprint density at radius 1 is 0.704 bits per heavy atom. The van der Waals surface area contributed by atoms with Gasteiger partial charge in [0.25, 0.3) is 0 Å². The average Bonchev–Trinajstić information content (AvgIpc) is 2.72. The van der Waals surface area contributed by atoms with Crippen molar-refractivity contribution in [1.29, 1.82) is 0 Å². The van der Waals surface area contributed by atoms with Crippen LogP contribution in [0.4, 0.5) is 0 Å². The van der Waals surface area contributed by atoms with Crippen molar-refractivity contribution in [2.45, 2.75) is 0 Å². The van der Waals surface area contributed by atoms with E-state index in [2.05, 4.69) is 0 Å². The first-order valence-corrected chi connectivity index (χ1v) is 8.63. The fourth-order valence-electron chi connectivity index (χ4n) is 3.04. The molecule has 3 heteroatoms. The Bertz CT molecular complexity index is 1020. The molecule has 1 aliphatic rings. The lowest BCUT2D eigenvalue weighted by molar-refractivity contribution is -0.130. The zero-order valence-corrected chi connectivity index (χ0v) is 14.5. The fourth-order valence-corrected chi connectivity index (χ4v) is 3.04. The van der Waals surface area contributed by atoms with Gasteiger partial charge in [-0.25, -0.2) is 4.79 Å². The van der Waals surface area contributed by atoms with E-state index in [1.54, 1.807) is 36.4 Å². The quantitative estimate of drug-likeness (QED) is 0.293. The van der Waals surface area contributed by atoms with Gasteiger partial charge < -0.3 is 4.74 Å². The van der Waals surface area contributed by atoms with Crippen molar-refractivity contribution in [3.8, 4) is 5.75 Å². The largest absolute Gasteiger partial charge is 0.422 e. The summed E-state index contributed by atoms with van der Waals surface area (Å²) in [5, 5.41) is 0. The Hall–Kier alpha value is -3.72. The highest BCUT2D eigenvalue weighted by molar-refractivity contribution is 6.28. The first kappa shape index (κ1) is 16.7. The van der Waals surface area contributed by atoms with E-state index in [9.17, 15) is 9.59 Å². The summed E-state index contributed by atoms with van der Waals surface area (Å²) in [6.45, 7) is 0. The number of carbonyl (C=O) groups is 2. The van der Waals surface area contributed by atoms with Crippen LogP contribution in [-0.2, 0) is 4.79 Å². The molecule has 0 aliphatic carbocycles. The molecule has 0 amide bonds. The van der Waals surface area contributed by atoms with Crippen molar-refractivity contribution in [3.05, 3.63) is 119 Å². The summed E-state index contributed by atoms with van der Waals surface area (Å²) < 4.78 is 5.30. The minimum atomic E-state index is -0.629. The van der Waals surface area contributed by atoms with E-state index < -0.39 is 5.97 Å². The van der Waals surface area contributed by atoms with E-state index in [1.165, 1.54) is 0 Å². The Morgan fingerprint density at radius 3 is 1.89 bits per heavy atom. The SMILES string of the molecule is O=C1Oc2ccccc2C(=O)/C1=C/C=C(c1ccccc1)c1ccccc1. The second-order valence-electron chi connectivity index (χ2n) is 6.11. The van der Waals surface area contributed by atoms with E-state index in [0.29, 0.717) is 11.3 Å². The summed E-state index contributed by atoms with van der Waals surface area (Å²) in [6, 6.07) is 26.5. The fraction of sp³-hybridized carbons (Fsp3) is 0. The first-order chi connectivity index (χ1) is 13.2.